The van der Waals surface area contributed by atoms with E-state index in [4.69, 9.17) is 22.3 Å². The lowest BCUT2D eigenvalue weighted by Crippen LogP contribution is -2.61. The summed E-state index contributed by atoms with van der Waals surface area (Å²) in [5, 5.41) is 51.9. The zero-order valence-corrected chi connectivity index (χ0v) is 36.5. The highest BCUT2D eigenvalue weighted by Gasteiger charge is 2.37. The van der Waals surface area contributed by atoms with E-state index in [0.29, 0.717) is 12.8 Å². The number of hydrogen-bond acceptors (Lipinski definition) is 13. The molecule has 0 aromatic carbocycles. The lowest BCUT2D eigenvalue weighted by atomic mass is 9.94. The first-order chi connectivity index (χ1) is 29.0. The Balaban J connectivity index is 6.41. The molecule has 0 aromatic rings. The summed E-state index contributed by atoms with van der Waals surface area (Å²) < 4.78 is 0. The number of nitrogens with two attached hydrogens (primary N) is 3. The first-order valence-electron chi connectivity index (χ1n) is 20.0. The number of thioether (sulfide) groups is 1. The van der Waals surface area contributed by atoms with E-state index < -0.39 is 139 Å². The molecular formula is C37H64N10O14S. The predicted octanol–water partition coefficient (Wildman–Crippen LogP) is -2.59. The molecule has 0 saturated carbocycles. The Morgan fingerprint density at radius 3 is 1.48 bits per heavy atom. The Hall–Kier alpha value is -5.72. The van der Waals surface area contributed by atoms with Crippen LogP contribution in [0.5, 0.6) is 0 Å². The van der Waals surface area contributed by atoms with Gasteiger partial charge in [-0.1, -0.05) is 40.5 Å². The molecule has 16 N–H and O–H groups in total. The van der Waals surface area contributed by atoms with Gasteiger partial charge in [-0.15, -0.1) is 0 Å². The summed E-state index contributed by atoms with van der Waals surface area (Å²) >= 11 is 1.30. The Morgan fingerprint density at radius 2 is 1.00 bits per heavy atom. The quantitative estimate of drug-likeness (QED) is 0.0187. The van der Waals surface area contributed by atoms with Gasteiger partial charge in [0.2, 0.25) is 35.4 Å². The van der Waals surface area contributed by atoms with Crippen molar-refractivity contribution in [1.82, 2.24) is 31.9 Å². The van der Waals surface area contributed by atoms with Crippen molar-refractivity contribution in [1.29, 1.82) is 0 Å². The van der Waals surface area contributed by atoms with Gasteiger partial charge in [0.15, 0.2) is 5.96 Å². The summed E-state index contributed by atoms with van der Waals surface area (Å²) in [5.41, 5.74) is 16.3. The molecule has 0 aliphatic carbocycles. The number of nitrogens with zero attached hydrogens (tertiary/aromatic N) is 1. The minimum atomic E-state index is -1.78. The Morgan fingerprint density at radius 1 is 0.565 bits per heavy atom. The van der Waals surface area contributed by atoms with E-state index >= 15 is 0 Å². The molecule has 352 valence electrons. The minimum Gasteiger partial charge on any atom is -0.481 e. The number of aliphatic imine (C=N–C) groups is 1. The van der Waals surface area contributed by atoms with Gasteiger partial charge in [0.05, 0.1) is 12.5 Å². The van der Waals surface area contributed by atoms with Crippen LogP contribution in [0, 0.1) is 11.8 Å². The zero-order chi connectivity index (χ0) is 47.7. The van der Waals surface area contributed by atoms with Crippen molar-refractivity contribution in [3.8, 4) is 0 Å². The maximum absolute atomic E-state index is 13.9. The molecule has 0 aromatic heterocycles. The van der Waals surface area contributed by atoms with E-state index in [1.54, 1.807) is 34.0 Å². The second-order valence-electron chi connectivity index (χ2n) is 14.6. The first-order valence-corrected chi connectivity index (χ1v) is 21.4. The molecule has 24 nitrogen and oxygen atoms in total. The normalized spacial score (nSPS) is 15.3. The Kier molecular flexibility index (Phi) is 26.8. The summed E-state index contributed by atoms with van der Waals surface area (Å²) in [6, 6.07) is -10.2. The smallest absolute Gasteiger partial charge is 0.326 e. The van der Waals surface area contributed by atoms with E-state index in [9.17, 15) is 63.3 Å². The van der Waals surface area contributed by atoms with Crippen LogP contribution in [0.2, 0.25) is 0 Å². The van der Waals surface area contributed by atoms with Crippen molar-refractivity contribution in [2.45, 2.75) is 134 Å². The highest BCUT2D eigenvalue weighted by molar-refractivity contribution is 7.98. The van der Waals surface area contributed by atoms with Crippen LogP contribution >= 0.6 is 11.8 Å². The fourth-order valence-electron chi connectivity index (χ4n) is 5.58. The molecular weight excluding hydrogens is 841 g/mol. The van der Waals surface area contributed by atoms with Crippen molar-refractivity contribution in [2.75, 3.05) is 18.6 Å². The van der Waals surface area contributed by atoms with Gasteiger partial charge in [-0.2, -0.15) is 11.8 Å². The highest BCUT2D eigenvalue weighted by atomic mass is 32.2. The van der Waals surface area contributed by atoms with Crippen LogP contribution in [0.25, 0.3) is 0 Å². The first kappa shape index (κ1) is 56.3. The van der Waals surface area contributed by atoms with Gasteiger partial charge >= 0.3 is 23.9 Å². The molecule has 0 unspecified atom stereocenters. The van der Waals surface area contributed by atoms with Crippen molar-refractivity contribution < 1.29 is 68.4 Å². The highest BCUT2D eigenvalue weighted by Crippen LogP contribution is 2.15. The summed E-state index contributed by atoms with van der Waals surface area (Å²) in [7, 11) is 0. The standard InChI is InChI=1S/C37H64N10O14S/c1-6-18(3)28(47-35(59)29(19(4)7-2)46-32(56)21(11-13-26(50)51)42-30(54)20(38)10-12-25(48)49)34(58)43-22(14-16-62-5)31(55)45-24(17-27(52)53)33(57)44-23(36(60)61)9-8-15-41-37(39)40/h18-24,28-29H,6-17,38H2,1-5H3,(H,42,54)(H,43,58)(H,44,57)(H,45,55)(H,46,56)(H,47,59)(H,48,49)(H,50,51)(H,52,53)(H,60,61)(H4,39,40,41)/t18-,19-,20-,21-,22-,23-,24-,28-,29-/m0/s1. The van der Waals surface area contributed by atoms with E-state index in [-0.39, 0.29) is 43.9 Å². The zero-order valence-electron chi connectivity index (χ0n) is 35.6. The van der Waals surface area contributed by atoms with Crippen LogP contribution in [-0.4, -0.2) is 147 Å². The number of amides is 6. The van der Waals surface area contributed by atoms with Gasteiger partial charge in [-0.25, -0.2) is 4.79 Å². The van der Waals surface area contributed by atoms with E-state index in [1.165, 1.54) is 11.8 Å². The van der Waals surface area contributed by atoms with E-state index in [2.05, 4.69) is 36.9 Å². The van der Waals surface area contributed by atoms with E-state index in [1.807, 2.05) is 0 Å². The molecule has 9 atom stereocenters. The summed E-state index contributed by atoms with van der Waals surface area (Å²) in [4.78, 5) is 131. The molecule has 0 saturated heterocycles. The molecule has 0 rings (SSSR count). The van der Waals surface area contributed by atoms with Gasteiger partial charge in [-0.3, -0.25) is 48.1 Å². The predicted molar refractivity (Wildman–Crippen MR) is 225 cm³/mol. The molecule has 0 spiro atoms. The summed E-state index contributed by atoms with van der Waals surface area (Å²) in [5.74, 6) is -12.3. The van der Waals surface area contributed by atoms with Crippen molar-refractivity contribution in [2.24, 2.45) is 34.0 Å². The van der Waals surface area contributed by atoms with Crippen LogP contribution in [0.15, 0.2) is 4.99 Å². The van der Waals surface area contributed by atoms with Crippen LogP contribution < -0.4 is 49.1 Å². The third-order valence-electron chi connectivity index (χ3n) is 9.69. The van der Waals surface area contributed by atoms with Crippen molar-refractivity contribution in [3.05, 3.63) is 0 Å². The third-order valence-corrected chi connectivity index (χ3v) is 10.3. The van der Waals surface area contributed by atoms with Crippen LogP contribution in [0.1, 0.15) is 91.9 Å². The van der Waals surface area contributed by atoms with Gasteiger partial charge in [0.25, 0.3) is 0 Å². The lowest BCUT2D eigenvalue weighted by Gasteiger charge is -2.31. The maximum atomic E-state index is 13.9. The Bertz CT molecular complexity index is 1600. The number of rotatable bonds is 32. The number of carbonyl (C=O) groups excluding carboxylic acids is 6. The second-order valence-corrected chi connectivity index (χ2v) is 15.6. The average Bonchev–Trinajstić information content (AvgIpc) is 3.20. The Labute approximate surface area is 363 Å². The SMILES string of the molecule is CC[C@H](C)[C@H](NC(=O)[C@H](CCC(=O)O)NC(=O)[C@@H](N)CCC(=O)O)C(=O)N[C@H](C(=O)N[C@@H](CCSC)C(=O)N[C@@H](CC(=O)O)C(=O)N[C@@H](CCCN=C(N)N)C(=O)O)[C@@H](C)CC. The number of hydrogen-bond donors (Lipinski definition) is 13. The maximum Gasteiger partial charge on any atom is 0.326 e. The average molecular weight is 905 g/mol. The van der Waals surface area contributed by atoms with Crippen LogP contribution in [0.4, 0.5) is 0 Å². The third kappa shape index (κ3) is 22.2. The van der Waals surface area contributed by atoms with Crippen LogP contribution in [0.3, 0.4) is 0 Å². The largest absolute Gasteiger partial charge is 0.481 e. The lowest BCUT2D eigenvalue weighted by molar-refractivity contribution is -0.144. The van der Waals surface area contributed by atoms with Crippen LogP contribution in [-0.2, 0) is 47.9 Å². The number of guanidine groups is 1. The van der Waals surface area contributed by atoms with Gasteiger partial charge in [0.1, 0.15) is 36.3 Å². The number of nitrogens with one attached hydrogen (secondary N) is 6. The number of aliphatic carboxylic acids is 4. The molecule has 62 heavy (non-hydrogen) atoms. The number of carboxylic acid groups (broad SMARTS) is 4. The van der Waals surface area contributed by atoms with Gasteiger partial charge < -0.3 is 69.5 Å². The fraction of sp³-hybridized carbons (Fsp3) is 0.703. The minimum absolute atomic E-state index is 0.0289. The van der Waals surface area contributed by atoms with Crippen molar-refractivity contribution in [3.63, 3.8) is 0 Å². The molecule has 0 aliphatic rings. The fourth-order valence-corrected chi connectivity index (χ4v) is 6.05. The topological polar surface area (TPSA) is 414 Å². The molecule has 6 amide bonds. The molecule has 0 heterocycles. The van der Waals surface area contributed by atoms with Gasteiger partial charge in [-0.05, 0) is 55.9 Å². The second kappa shape index (κ2) is 29.5. The number of carboxylic acids is 4. The molecule has 25 heteroatoms. The van der Waals surface area contributed by atoms with Gasteiger partial charge in [0, 0.05) is 19.4 Å². The van der Waals surface area contributed by atoms with E-state index in [0.717, 1.165) is 0 Å². The van der Waals surface area contributed by atoms with Crippen molar-refractivity contribution >= 4 is 77.0 Å². The summed E-state index contributed by atoms with van der Waals surface area (Å²) in [6.07, 6.45) is -0.356. The monoisotopic (exact) mass is 904 g/mol. The molecule has 0 aliphatic heterocycles. The number of carbonyl (C=O) groups is 10. The summed E-state index contributed by atoms with van der Waals surface area (Å²) in [6.45, 7) is 6.73. The molecule has 0 radical (unpaired) electrons. The molecule has 0 fully saturated rings. The molecule has 0 bridgehead atoms.